The van der Waals surface area contributed by atoms with Crippen LogP contribution in [0, 0.1) is 0 Å². The summed E-state index contributed by atoms with van der Waals surface area (Å²) in [5, 5.41) is 4.83. The number of rotatable bonds is 9. The number of para-hydroxylation sites is 1. The maximum atomic E-state index is 2.40. The van der Waals surface area contributed by atoms with E-state index in [-0.39, 0.29) is 0 Å². The minimum atomic E-state index is 1.10. The molecule has 0 aliphatic rings. The zero-order valence-corrected chi connectivity index (χ0v) is 32.0. The van der Waals surface area contributed by atoms with E-state index >= 15 is 0 Å². The van der Waals surface area contributed by atoms with E-state index in [1.807, 2.05) is 0 Å². The summed E-state index contributed by atoms with van der Waals surface area (Å²) in [7, 11) is 0. The fourth-order valence-corrected chi connectivity index (χ4v) is 8.08. The van der Waals surface area contributed by atoms with Crippen LogP contribution >= 0.6 is 0 Å². The summed E-state index contributed by atoms with van der Waals surface area (Å²) < 4.78 is 0. The van der Waals surface area contributed by atoms with Crippen molar-refractivity contribution in [2.75, 3.05) is 9.80 Å². The Labute approximate surface area is 340 Å². The Kier molecular flexibility index (Phi) is 9.27. The Morgan fingerprint density at radius 2 is 0.603 bits per heavy atom. The van der Waals surface area contributed by atoms with Crippen LogP contribution in [0.15, 0.2) is 243 Å². The van der Waals surface area contributed by atoms with Crippen molar-refractivity contribution in [1.82, 2.24) is 0 Å². The largest absolute Gasteiger partial charge is 0.310 e. The molecule has 0 heterocycles. The van der Waals surface area contributed by atoms with E-state index in [4.69, 9.17) is 0 Å². The molecule has 10 aromatic carbocycles. The molecule has 10 rings (SSSR count). The lowest BCUT2D eigenvalue weighted by atomic mass is 9.97. The summed E-state index contributed by atoms with van der Waals surface area (Å²) >= 11 is 0. The van der Waals surface area contributed by atoms with Crippen molar-refractivity contribution in [3.8, 4) is 33.4 Å². The van der Waals surface area contributed by atoms with Gasteiger partial charge in [0, 0.05) is 33.8 Å². The zero-order valence-electron chi connectivity index (χ0n) is 32.0. The van der Waals surface area contributed by atoms with Gasteiger partial charge in [0.1, 0.15) is 0 Å². The van der Waals surface area contributed by atoms with Gasteiger partial charge >= 0.3 is 0 Å². The van der Waals surface area contributed by atoms with E-state index in [9.17, 15) is 0 Å². The molecule has 2 nitrogen and oxygen atoms in total. The van der Waals surface area contributed by atoms with Crippen LogP contribution in [-0.4, -0.2) is 0 Å². The summed E-state index contributed by atoms with van der Waals surface area (Å²) in [5.74, 6) is 0. The predicted octanol–water partition coefficient (Wildman–Crippen LogP) is 15.9. The first-order valence-corrected chi connectivity index (χ1v) is 19.8. The van der Waals surface area contributed by atoms with Gasteiger partial charge in [-0.1, -0.05) is 170 Å². The minimum Gasteiger partial charge on any atom is -0.310 e. The third-order valence-corrected chi connectivity index (χ3v) is 11.0. The van der Waals surface area contributed by atoms with Crippen molar-refractivity contribution < 1.29 is 0 Å². The van der Waals surface area contributed by atoms with E-state index in [0.29, 0.717) is 0 Å². The topological polar surface area (TPSA) is 6.48 Å². The summed E-state index contributed by atoms with van der Waals surface area (Å²) in [4.78, 5) is 4.74. The van der Waals surface area contributed by atoms with Crippen molar-refractivity contribution in [2.45, 2.75) is 0 Å². The van der Waals surface area contributed by atoms with Gasteiger partial charge < -0.3 is 9.80 Å². The van der Waals surface area contributed by atoms with Gasteiger partial charge in [-0.25, -0.2) is 0 Å². The molecule has 0 aromatic heterocycles. The number of nitrogens with zero attached hydrogens (tertiary/aromatic N) is 2. The van der Waals surface area contributed by atoms with E-state index < -0.39 is 0 Å². The quantitative estimate of drug-likeness (QED) is 0.145. The normalized spacial score (nSPS) is 11.1. The first-order valence-electron chi connectivity index (χ1n) is 19.8. The van der Waals surface area contributed by atoms with E-state index in [0.717, 1.165) is 45.3 Å². The fourth-order valence-electron chi connectivity index (χ4n) is 8.08. The molecule has 0 saturated heterocycles. The van der Waals surface area contributed by atoms with Crippen molar-refractivity contribution in [1.29, 1.82) is 0 Å². The van der Waals surface area contributed by atoms with Crippen molar-refractivity contribution in [3.63, 3.8) is 0 Å². The average molecular weight is 741 g/mol. The second-order valence-corrected chi connectivity index (χ2v) is 14.6. The molecule has 0 fully saturated rings. The molecular weight excluding hydrogens is 701 g/mol. The molecule has 2 heteroatoms. The first-order chi connectivity index (χ1) is 28.7. The molecule has 0 unspecified atom stereocenters. The zero-order chi connectivity index (χ0) is 38.7. The van der Waals surface area contributed by atoms with Crippen LogP contribution in [0.1, 0.15) is 0 Å². The van der Waals surface area contributed by atoms with Gasteiger partial charge in [-0.15, -0.1) is 0 Å². The van der Waals surface area contributed by atoms with Crippen LogP contribution in [0.2, 0.25) is 0 Å². The van der Waals surface area contributed by atoms with Gasteiger partial charge in [-0.3, -0.25) is 0 Å². The highest BCUT2D eigenvalue weighted by atomic mass is 15.1. The molecule has 58 heavy (non-hydrogen) atoms. The third-order valence-electron chi connectivity index (χ3n) is 11.0. The summed E-state index contributed by atoms with van der Waals surface area (Å²) in [5.41, 5.74) is 13.8. The lowest BCUT2D eigenvalue weighted by Crippen LogP contribution is -2.11. The molecule has 0 bridgehead atoms. The van der Waals surface area contributed by atoms with Gasteiger partial charge in [-0.2, -0.15) is 0 Å². The Morgan fingerprint density at radius 3 is 1.17 bits per heavy atom. The Hall–Kier alpha value is -7.68. The molecule has 0 spiro atoms. The third kappa shape index (κ3) is 6.89. The van der Waals surface area contributed by atoms with Gasteiger partial charge in [0.25, 0.3) is 0 Å². The lowest BCUT2D eigenvalue weighted by Gasteiger charge is -2.28. The summed E-state index contributed by atoms with van der Waals surface area (Å²) in [6.45, 7) is 0. The van der Waals surface area contributed by atoms with Gasteiger partial charge in [0.2, 0.25) is 0 Å². The standard InChI is InChI=1S/C56H40N2/c1-4-14-41(15-5-1)44-24-33-52(34-25-44)58(53-35-26-45(27-36-53)42-16-6-2-7-17-42)56-40-49(38-48-20-12-13-23-55(48)56)46-28-31-51(32-29-46)57(50-21-8-3-9-22-50)54-37-30-43-18-10-11-19-47(43)39-54/h1-40H. The highest BCUT2D eigenvalue weighted by Crippen LogP contribution is 2.43. The highest BCUT2D eigenvalue weighted by Gasteiger charge is 2.19. The molecule has 0 amide bonds. The fraction of sp³-hybridized carbons (Fsp3) is 0. The Bertz CT molecular complexity index is 2880. The van der Waals surface area contributed by atoms with E-state index in [1.165, 1.54) is 43.8 Å². The number of benzene rings is 10. The highest BCUT2D eigenvalue weighted by molar-refractivity contribution is 6.02. The molecule has 10 aromatic rings. The number of hydrogen-bond acceptors (Lipinski definition) is 2. The predicted molar refractivity (Wildman–Crippen MR) is 247 cm³/mol. The van der Waals surface area contributed by atoms with Crippen LogP contribution in [0.3, 0.4) is 0 Å². The molecule has 274 valence electrons. The van der Waals surface area contributed by atoms with Crippen molar-refractivity contribution in [3.05, 3.63) is 243 Å². The van der Waals surface area contributed by atoms with Crippen molar-refractivity contribution in [2.24, 2.45) is 0 Å². The van der Waals surface area contributed by atoms with Crippen LogP contribution < -0.4 is 9.80 Å². The maximum absolute atomic E-state index is 2.40. The maximum Gasteiger partial charge on any atom is 0.0546 e. The molecule has 0 aliphatic heterocycles. The van der Waals surface area contributed by atoms with Gasteiger partial charge in [-0.05, 0) is 122 Å². The van der Waals surface area contributed by atoms with Crippen LogP contribution in [0.5, 0.6) is 0 Å². The smallest absolute Gasteiger partial charge is 0.0546 e. The molecule has 0 saturated carbocycles. The van der Waals surface area contributed by atoms with E-state index in [1.54, 1.807) is 0 Å². The molecule has 0 atom stereocenters. The minimum absolute atomic E-state index is 1.10. The molecule has 0 N–H and O–H groups in total. The van der Waals surface area contributed by atoms with Gasteiger partial charge in [0.05, 0.1) is 5.69 Å². The number of fused-ring (bicyclic) bond motifs is 2. The summed E-state index contributed by atoms with van der Waals surface area (Å²) in [6.07, 6.45) is 0. The average Bonchev–Trinajstić information content (AvgIpc) is 3.31. The Morgan fingerprint density at radius 1 is 0.207 bits per heavy atom. The van der Waals surface area contributed by atoms with Crippen LogP contribution in [0.4, 0.5) is 34.1 Å². The molecular formula is C56H40N2. The number of hydrogen-bond donors (Lipinski definition) is 0. The SMILES string of the molecule is c1ccc(-c2ccc(N(c3ccc(-c4ccccc4)cc3)c3cc(-c4ccc(N(c5ccccc5)c5ccc6ccccc6c5)cc4)cc4ccccc34)cc2)cc1. The summed E-state index contributed by atoms with van der Waals surface area (Å²) in [6, 6.07) is 87.3. The second kappa shape index (κ2) is 15.5. The van der Waals surface area contributed by atoms with Crippen LogP contribution in [-0.2, 0) is 0 Å². The van der Waals surface area contributed by atoms with Crippen LogP contribution in [0.25, 0.3) is 54.9 Å². The van der Waals surface area contributed by atoms with E-state index in [2.05, 4.69) is 252 Å². The second-order valence-electron chi connectivity index (χ2n) is 14.6. The Balaban J connectivity index is 1.08. The number of anilines is 6. The first kappa shape index (κ1) is 34.8. The van der Waals surface area contributed by atoms with Crippen molar-refractivity contribution >= 4 is 55.7 Å². The van der Waals surface area contributed by atoms with Gasteiger partial charge in [0.15, 0.2) is 0 Å². The molecule has 0 radical (unpaired) electrons. The monoisotopic (exact) mass is 740 g/mol. The molecule has 0 aliphatic carbocycles. The lowest BCUT2D eigenvalue weighted by molar-refractivity contribution is 1.29.